The molecule has 2 heterocycles. The number of anilines is 1. The minimum Gasteiger partial charge on any atom is -0.493 e. The summed E-state index contributed by atoms with van der Waals surface area (Å²) in [5.74, 6) is 1.21. The highest BCUT2D eigenvalue weighted by molar-refractivity contribution is 7.15. The van der Waals surface area contributed by atoms with Gasteiger partial charge in [0.15, 0.2) is 11.5 Å². The normalized spacial score (nSPS) is 13.0. The van der Waals surface area contributed by atoms with E-state index < -0.39 is 0 Å². The van der Waals surface area contributed by atoms with Crippen molar-refractivity contribution in [3.05, 3.63) is 58.6 Å². The van der Waals surface area contributed by atoms with Crippen LogP contribution in [0.1, 0.15) is 16.1 Å². The Labute approximate surface area is 174 Å². The number of benzene rings is 2. The number of amides is 2. The number of aryl methyl sites for hydroxylation is 1. The number of carbonyl (C=O) groups is 1. The Morgan fingerprint density at radius 1 is 1.10 bits per heavy atom. The zero-order valence-corrected chi connectivity index (χ0v) is 17.5. The first-order valence-electron chi connectivity index (χ1n) is 9.41. The number of carbonyl (C=O) groups excluding carboxylic acids is 1. The van der Waals surface area contributed by atoms with Gasteiger partial charge in [0, 0.05) is 35.2 Å². The maximum absolute atomic E-state index is 12.8. The second-order valence-corrected chi connectivity index (χ2v) is 8.01. The van der Waals surface area contributed by atoms with Crippen LogP contribution in [0.4, 0.5) is 10.5 Å². The van der Waals surface area contributed by atoms with Crippen molar-refractivity contribution in [2.24, 2.45) is 0 Å². The maximum atomic E-state index is 12.8. The number of nitrogens with one attached hydrogen (secondary N) is 1. The average molecular weight is 410 g/mol. The van der Waals surface area contributed by atoms with Crippen LogP contribution >= 0.6 is 11.3 Å². The van der Waals surface area contributed by atoms with Crippen molar-refractivity contribution in [2.75, 3.05) is 26.1 Å². The number of methoxy groups -OCH3 is 2. The Morgan fingerprint density at radius 3 is 2.59 bits per heavy atom. The molecule has 150 valence electrons. The number of fused-ring (bicyclic) bond motifs is 1. The monoisotopic (exact) mass is 409 g/mol. The van der Waals surface area contributed by atoms with Crippen LogP contribution in [-0.4, -0.2) is 36.7 Å². The molecule has 29 heavy (non-hydrogen) atoms. The molecule has 0 radical (unpaired) electrons. The summed E-state index contributed by atoms with van der Waals surface area (Å²) in [4.78, 5) is 20.5. The third kappa shape index (κ3) is 4.05. The first-order valence-corrected chi connectivity index (χ1v) is 10.2. The molecule has 3 aromatic rings. The van der Waals surface area contributed by atoms with Gasteiger partial charge in [0.2, 0.25) is 0 Å². The standard InChI is InChI=1S/C22H23N3O3S/c1-14-4-6-15(7-5-14)21-24-17-10-11-25(13-20(17)29-21)22(26)23-16-8-9-18(27-2)19(12-16)28-3/h4-9,12H,10-11,13H2,1-3H3,(H,23,26). The lowest BCUT2D eigenvalue weighted by Gasteiger charge is -2.26. The third-order valence-corrected chi connectivity index (χ3v) is 6.08. The largest absolute Gasteiger partial charge is 0.493 e. The first-order chi connectivity index (χ1) is 14.1. The van der Waals surface area contributed by atoms with Crippen molar-refractivity contribution >= 4 is 23.1 Å². The molecule has 2 amide bonds. The van der Waals surface area contributed by atoms with E-state index in [2.05, 4.69) is 36.5 Å². The number of hydrogen-bond acceptors (Lipinski definition) is 5. The van der Waals surface area contributed by atoms with Crippen molar-refractivity contribution in [1.82, 2.24) is 9.88 Å². The summed E-state index contributed by atoms with van der Waals surface area (Å²) < 4.78 is 10.5. The van der Waals surface area contributed by atoms with Crippen molar-refractivity contribution in [3.63, 3.8) is 0 Å². The maximum Gasteiger partial charge on any atom is 0.322 e. The van der Waals surface area contributed by atoms with Crippen LogP contribution in [0.3, 0.4) is 0 Å². The smallest absolute Gasteiger partial charge is 0.322 e. The zero-order valence-electron chi connectivity index (χ0n) is 16.7. The van der Waals surface area contributed by atoms with Gasteiger partial charge in [-0.15, -0.1) is 11.3 Å². The molecule has 4 rings (SSSR count). The van der Waals surface area contributed by atoms with Gasteiger partial charge in [0.05, 0.1) is 26.5 Å². The van der Waals surface area contributed by atoms with Gasteiger partial charge in [-0.05, 0) is 19.1 Å². The average Bonchev–Trinajstić information content (AvgIpc) is 3.17. The molecule has 0 saturated heterocycles. The Hall–Kier alpha value is -3.06. The highest BCUT2D eigenvalue weighted by atomic mass is 32.1. The number of hydrogen-bond donors (Lipinski definition) is 1. The Bertz CT molecular complexity index is 1030. The van der Waals surface area contributed by atoms with E-state index in [1.807, 2.05) is 4.90 Å². The molecule has 0 saturated carbocycles. The summed E-state index contributed by atoms with van der Waals surface area (Å²) >= 11 is 1.66. The van der Waals surface area contributed by atoms with E-state index in [4.69, 9.17) is 14.5 Å². The van der Waals surface area contributed by atoms with Gasteiger partial charge in [-0.3, -0.25) is 0 Å². The quantitative estimate of drug-likeness (QED) is 0.677. The summed E-state index contributed by atoms with van der Waals surface area (Å²) in [6.07, 6.45) is 0.761. The number of nitrogens with zero attached hydrogens (tertiary/aromatic N) is 2. The molecule has 0 fully saturated rings. The number of thiazole rings is 1. The van der Waals surface area contributed by atoms with E-state index >= 15 is 0 Å². The van der Waals surface area contributed by atoms with Crippen molar-refractivity contribution in [1.29, 1.82) is 0 Å². The van der Waals surface area contributed by atoms with Crippen molar-refractivity contribution in [2.45, 2.75) is 19.9 Å². The number of ether oxygens (including phenoxy) is 2. The SMILES string of the molecule is COc1ccc(NC(=O)N2CCc3nc(-c4ccc(C)cc4)sc3C2)cc1OC. The van der Waals surface area contributed by atoms with Gasteiger partial charge in [0.1, 0.15) is 5.01 Å². The Balaban J connectivity index is 1.47. The molecule has 7 heteroatoms. The molecule has 1 aliphatic rings. The minimum absolute atomic E-state index is 0.131. The number of aromatic nitrogens is 1. The Kier molecular flexibility index (Phi) is 5.40. The molecule has 6 nitrogen and oxygen atoms in total. The van der Waals surface area contributed by atoms with E-state index in [1.165, 1.54) is 5.56 Å². The fourth-order valence-corrected chi connectivity index (χ4v) is 4.43. The fraction of sp³-hybridized carbons (Fsp3) is 0.273. The first kappa shape index (κ1) is 19.3. The predicted octanol–water partition coefficient (Wildman–Crippen LogP) is 4.73. The minimum atomic E-state index is -0.131. The Morgan fingerprint density at radius 2 is 1.86 bits per heavy atom. The van der Waals surface area contributed by atoms with Crippen molar-refractivity contribution < 1.29 is 14.3 Å². The molecule has 0 atom stereocenters. The predicted molar refractivity (Wildman–Crippen MR) is 115 cm³/mol. The lowest BCUT2D eigenvalue weighted by molar-refractivity contribution is 0.207. The molecular weight excluding hydrogens is 386 g/mol. The lowest BCUT2D eigenvalue weighted by Crippen LogP contribution is -2.38. The summed E-state index contributed by atoms with van der Waals surface area (Å²) in [6.45, 7) is 3.28. The summed E-state index contributed by atoms with van der Waals surface area (Å²) in [7, 11) is 3.16. The van der Waals surface area contributed by atoms with Gasteiger partial charge in [-0.2, -0.15) is 0 Å². The van der Waals surface area contributed by atoms with Gasteiger partial charge < -0.3 is 19.7 Å². The third-order valence-electron chi connectivity index (χ3n) is 4.95. The molecule has 0 bridgehead atoms. The molecule has 0 spiro atoms. The topological polar surface area (TPSA) is 63.7 Å². The molecule has 0 unspecified atom stereocenters. The zero-order chi connectivity index (χ0) is 20.4. The molecule has 0 aliphatic carbocycles. The number of urea groups is 1. The fourth-order valence-electron chi connectivity index (χ4n) is 3.30. The molecule has 1 aromatic heterocycles. The molecular formula is C22H23N3O3S. The van der Waals surface area contributed by atoms with Crippen LogP contribution in [0.25, 0.3) is 10.6 Å². The highest BCUT2D eigenvalue weighted by Crippen LogP contribution is 2.33. The molecule has 2 aromatic carbocycles. The van der Waals surface area contributed by atoms with Gasteiger partial charge in [-0.1, -0.05) is 29.8 Å². The second kappa shape index (κ2) is 8.13. The number of rotatable bonds is 4. The summed E-state index contributed by atoms with van der Waals surface area (Å²) in [6, 6.07) is 13.6. The summed E-state index contributed by atoms with van der Waals surface area (Å²) in [5, 5.41) is 3.96. The lowest BCUT2D eigenvalue weighted by atomic mass is 10.1. The van der Waals surface area contributed by atoms with E-state index in [1.54, 1.807) is 43.8 Å². The van der Waals surface area contributed by atoms with Gasteiger partial charge >= 0.3 is 6.03 Å². The van der Waals surface area contributed by atoms with Gasteiger partial charge in [0.25, 0.3) is 0 Å². The van der Waals surface area contributed by atoms with Crippen LogP contribution in [-0.2, 0) is 13.0 Å². The van der Waals surface area contributed by atoms with E-state index in [0.717, 1.165) is 27.6 Å². The van der Waals surface area contributed by atoms with Crippen LogP contribution in [0.15, 0.2) is 42.5 Å². The summed E-state index contributed by atoms with van der Waals surface area (Å²) in [5.41, 5.74) is 4.12. The van der Waals surface area contributed by atoms with E-state index in [0.29, 0.717) is 30.3 Å². The molecule has 1 aliphatic heterocycles. The van der Waals surface area contributed by atoms with E-state index in [9.17, 15) is 4.79 Å². The highest BCUT2D eigenvalue weighted by Gasteiger charge is 2.24. The van der Waals surface area contributed by atoms with Crippen LogP contribution in [0, 0.1) is 6.92 Å². The van der Waals surface area contributed by atoms with Crippen LogP contribution in [0.2, 0.25) is 0 Å². The van der Waals surface area contributed by atoms with Crippen molar-refractivity contribution in [3.8, 4) is 22.1 Å². The van der Waals surface area contributed by atoms with Gasteiger partial charge in [-0.25, -0.2) is 9.78 Å². The van der Waals surface area contributed by atoms with Crippen LogP contribution in [0.5, 0.6) is 11.5 Å². The second-order valence-electron chi connectivity index (χ2n) is 6.93. The molecule has 1 N–H and O–H groups in total. The van der Waals surface area contributed by atoms with E-state index in [-0.39, 0.29) is 6.03 Å². The van der Waals surface area contributed by atoms with Crippen LogP contribution < -0.4 is 14.8 Å².